The van der Waals surface area contributed by atoms with E-state index in [1.54, 1.807) is 6.07 Å². The predicted octanol–water partition coefficient (Wildman–Crippen LogP) is 2.10. The minimum atomic E-state index is -0.0876. The van der Waals surface area contributed by atoms with Crippen LogP contribution in [0.25, 0.3) is 0 Å². The second kappa shape index (κ2) is 8.43. The summed E-state index contributed by atoms with van der Waals surface area (Å²) in [5.74, 6) is 0.601. The van der Waals surface area contributed by atoms with Crippen molar-refractivity contribution in [2.45, 2.75) is 51.5 Å². The molecule has 1 aliphatic carbocycles. The maximum atomic E-state index is 12.5. The first-order valence-corrected chi connectivity index (χ1v) is 9.36. The van der Waals surface area contributed by atoms with Crippen molar-refractivity contribution in [2.24, 2.45) is 5.92 Å². The molecule has 1 atom stereocenters. The lowest BCUT2D eigenvalue weighted by atomic mass is 9.97. The third kappa shape index (κ3) is 5.26. The molecule has 3 rings (SSSR count). The molecule has 1 saturated carbocycles. The Morgan fingerprint density at radius 2 is 2.00 bits per heavy atom. The summed E-state index contributed by atoms with van der Waals surface area (Å²) in [7, 11) is 0. The van der Waals surface area contributed by atoms with Crippen molar-refractivity contribution in [3.05, 3.63) is 23.9 Å². The van der Waals surface area contributed by atoms with Crippen LogP contribution in [-0.2, 0) is 9.59 Å². The number of amides is 2. The summed E-state index contributed by atoms with van der Waals surface area (Å²) in [5, 5.41) is 6.03. The van der Waals surface area contributed by atoms with Crippen LogP contribution in [-0.4, -0.2) is 47.4 Å². The zero-order valence-electron chi connectivity index (χ0n) is 15.0. The molecule has 1 aromatic heterocycles. The SMILES string of the molecule is Cc1cccc(NC(=O)[C@H]2CCCN(CC(=O)NC3CCCC3)C2)n1. The van der Waals surface area contributed by atoms with Gasteiger partial charge in [-0.2, -0.15) is 0 Å². The number of rotatable bonds is 5. The van der Waals surface area contributed by atoms with Crippen LogP contribution in [0, 0.1) is 12.8 Å². The largest absolute Gasteiger partial charge is 0.352 e. The maximum Gasteiger partial charge on any atom is 0.234 e. The van der Waals surface area contributed by atoms with Gasteiger partial charge in [-0.15, -0.1) is 0 Å². The van der Waals surface area contributed by atoms with Crippen LogP contribution in [0.4, 0.5) is 5.82 Å². The number of carbonyl (C=O) groups excluding carboxylic acids is 2. The van der Waals surface area contributed by atoms with E-state index in [4.69, 9.17) is 0 Å². The van der Waals surface area contributed by atoms with Crippen LogP contribution >= 0.6 is 0 Å². The van der Waals surface area contributed by atoms with Crippen LogP contribution in [0.3, 0.4) is 0 Å². The standard InChI is InChI=1S/C19H28N4O2/c1-14-6-4-10-17(20-14)22-19(25)15-7-5-11-23(12-15)13-18(24)21-16-8-2-3-9-16/h4,6,10,15-16H,2-3,5,7-9,11-13H2,1H3,(H,21,24)(H,20,22,25)/t15-/m0/s1. The molecule has 136 valence electrons. The molecule has 2 fully saturated rings. The number of likely N-dealkylation sites (tertiary alicyclic amines) is 1. The number of nitrogens with one attached hydrogen (secondary N) is 2. The van der Waals surface area contributed by atoms with E-state index in [1.807, 2.05) is 19.1 Å². The number of pyridine rings is 1. The molecule has 6 nitrogen and oxygen atoms in total. The van der Waals surface area contributed by atoms with Crippen molar-refractivity contribution < 1.29 is 9.59 Å². The van der Waals surface area contributed by atoms with Crippen LogP contribution in [0.15, 0.2) is 18.2 Å². The third-order valence-corrected chi connectivity index (χ3v) is 5.10. The number of piperidine rings is 1. The first-order chi connectivity index (χ1) is 12.1. The van der Waals surface area contributed by atoms with Gasteiger partial charge in [0.25, 0.3) is 0 Å². The molecule has 0 bridgehead atoms. The van der Waals surface area contributed by atoms with Crippen LogP contribution < -0.4 is 10.6 Å². The van der Waals surface area contributed by atoms with E-state index in [1.165, 1.54) is 12.8 Å². The highest BCUT2D eigenvalue weighted by atomic mass is 16.2. The summed E-state index contributed by atoms with van der Waals surface area (Å²) < 4.78 is 0. The van der Waals surface area contributed by atoms with E-state index in [-0.39, 0.29) is 17.7 Å². The Labute approximate surface area is 149 Å². The Kier molecular flexibility index (Phi) is 6.02. The maximum absolute atomic E-state index is 12.5. The second-order valence-corrected chi connectivity index (χ2v) is 7.28. The van der Waals surface area contributed by atoms with Crippen molar-refractivity contribution in [3.63, 3.8) is 0 Å². The van der Waals surface area contributed by atoms with Crippen LogP contribution in [0.5, 0.6) is 0 Å². The van der Waals surface area contributed by atoms with Gasteiger partial charge in [-0.3, -0.25) is 14.5 Å². The van der Waals surface area contributed by atoms with Gasteiger partial charge in [0, 0.05) is 18.3 Å². The molecular weight excluding hydrogens is 316 g/mol. The van der Waals surface area contributed by atoms with E-state index in [2.05, 4.69) is 20.5 Å². The predicted molar refractivity (Wildman–Crippen MR) is 97.2 cm³/mol. The molecule has 2 amide bonds. The van der Waals surface area contributed by atoms with E-state index in [0.29, 0.717) is 24.9 Å². The molecule has 1 aromatic rings. The fraction of sp³-hybridized carbons (Fsp3) is 0.632. The second-order valence-electron chi connectivity index (χ2n) is 7.28. The Hall–Kier alpha value is -1.95. The minimum Gasteiger partial charge on any atom is -0.352 e. The fourth-order valence-electron chi connectivity index (χ4n) is 3.80. The Bertz CT molecular complexity index is 613. The number of anilines is 1. The number of nitrogens with zero attached hydrogens (tertiary/aromatic N) is 2. The van der Waals surface area contributed by atoms with Crippen LogP contribution in [0.2, 0.25) is 0 Å². The fourth-order valence-corrected chi connectivity index (χ4v) is 3.80. The topological polar surface area (TPSA) is 74.3 Å². The number of hydrogen-bond donors (Lipinski definition) is 2. The van der Waals surface area contributed by atoms with Gasteiger partial charge in [-0.25, -0.2) is 4.98 Å². The molecule has 0 spiro atoms. The normalized spacial score (nSPS) is 21.9. The molecule has 1 saturated heterocycles. The number of hydrogen-bond acceptors (Lipinski definition) is 4. The van der Waals surface area contributed by atoms with Crippen molar-refractivity contribution in [3.8, 4) is 0 Å². The van der Waals surface area contributed by atoms with Gasteiger partial charge >= 0.3 is 0 Å². The van der Waals surface area contributed by atoms with E-state index < -0.39 is 0 Å². The van der Waals surface area contributed by atoms with Crippen molar-refractivity contribution in [1.82, 2.24) is 15.2 Å². The first kappa shape index (κ1) is 17.9. The lowest BCUT2D eigenvalue weighted by molar-refractivity contribution is -0.126. The highest BCUT2D eigenvalue weighted by molar-refractivity contribution is 5.92. The first-order valence-electron chi connectivity index (χ1n) is 9.36. The number of carbonyl (C=O) groups is 2. The van der Waals surface area contributed by atoms with Crippen molar-refractivity contribution in [1.29, 1.82) is 0 Å². The highest BCUT2D eigenvalue weighted by Crippen LogP contribution is 2.19. The molecule has 6 heteroatoms. The monoisotopic (exact) mass is 344 g/mol. The minimum absolute atomic E-state index is 0.000925. The molecule has 0 radical (unpaired) electrons. The van der Waals surface area contributed by atoms with Crippen molar-refractivity contribution >= 4 is 17.6 Å². The van der Waals surface area contributed by atoms with E-state index in [0.717, 1.165) is 37.9 Å². The number of aryl methyl sites for hydroxylation is 1. The molecule has 25 heavy (non-hydrogen) atoms. The average molecular weight is 344 g/mol. The summed E-state index contributed by atoms with van der Waals surface area (Å²) in [6.45, 7) is 3.81. The Morgan fingerprint density at radius 3 is 2.76 bits per heavy atom. The zero-order valence-corrected chi connectivity index (χ0v) is 15.0. The van der Waals surface area contributed by atoms with E-state index >= 15 is 0 Å². The molecule has 2 heterocycles. The molecule has 1 aliphatic heterocycles. The molecule has 0 unspecified atom stereocenters. The lowest BCUT2D eigenvalue weighted by Crippen LogP contribution is -2.46. The van der Waals surface area contributed by atoms with E-state index in [9.17, 15) is 9.59 Å². The highest BCUT2D eigenvalue weighted by Gasteiger charge is 2.27. The number of aromatic nitrogens is 1. The van der Waals surface area contributed by atoms with Gasteiger partial charge in [-0.05, 0) is 51.3 Å². The van der Waals surface area contributed by atoms with Gasteiger partial charge in [0.15, 0.2) is 0 Å². The Morgan fingerprint density at radius 1 is 1.20 bits per heavy atom. The zero-order chi connectivity index (χ0) is 17.6. The molecule has 2 N–H and O–H groups in total. The summed E-state index contributed by atoms with van der Waals surface area (Å²) in [6.07, 6.45) is 6.42. The van der Waals surface area contributed by atoms with Gasteiger partial charge in [0.1, 0.15) is 5.82 Å². The third-order valence-electron chi connectivity index (χ3n) is 5.10. The average Bonchev–Trinajstić information content (AvgIpc) is 3.08. The smallest absolute Gasteiger partial charge is 0.234 e. The summed E-state index contributed by atoms with van der Waals surface area (Å²) in [6, 6.07) is 5.95. The Balaban J connectivity index is 1.48. The molecular formula is C19H28N4O2. The van der Waals surface area contributed by atoms with Crippen molar-refractivity contribution in [2.75, 3.05) is 25.0 Å². The van der Waals surface area contributed by atoms with Gasteiger partial charge in [0.2, 0.25) is 11.8 Å². The molecule has 0 aromatic carbocycles. The van der Waals surface area contributed by atoms with Gasteiger partial charge in [-0.1, -0.05) is 18.9 Å². The van der Waals surface area contributed by atoms with Crippen LogP contribution in [0.1, 0.15) is 44.2 Å². The summed E-state index contributed by atoms with van der Waals surface area (Å²) in [5.41, 5.74) is 0.881. The van der Waals surface area contributed by atoms with Gasteiger partial charge < -0.3 is 10.6 Å². The summed E-state index contributed by atoms with van der Waals surface area (Å²) in [4.78, 5) is 31.1. The quantitative estimate of drug-likeness (QED) is 0.858. The lowest BCUT2D eigenvalue weighted by Gasteiger charge is -2.31. The summed E-state index contributed by atoms with van der Waals surface area (Å²) >= 11 is 0. The molecule has 2 aliphatic rings. The van der Waals surface area contributed by atoms with Gasteiger partial charge in [0.05, 0.1) is 12.5 Å².